The van der Waals surface area contributed by atoms with Crippen LogP contribution in [0.5, 0.6) is 0 Å². The third-order valence-electron chi connectivity index (χ3n) is 4.42. The number of hydrogen-bond donors (Lipinski definition) is 0. The van der Waals surface area contributed by atoms with Crippen molar-refractivity contribution in [2.75, 3.05) is 0 Å². The van der Waals surface area contributed by atoms with Gasteiger partial charge in [-0.15, -0.1) is 0 Å². The van der Waals surface area contributed by atoms with E-state index < -0.39 is 5.72 Å². The van der Waals surface area contributed by atoms with E-state index in [-0.39, 0.29) is 0 Å². The smallest absolute Gasteiger partial charge is 0.236 e. The molecule has 4 rings (SSSR count). The van der Waals surface area contributed by atoms with E-state index in [0.717, 1.165) is 29.8 Å². The summed E-state index contributed by atoms with van der Waals surface area (Å²) >= 11 is 0. The average molecular weight is 305 g/mol. The van der Waals surface area contributed by atoms with Crippen LogP contribution in [0.25, 0.3) is 11.0 Å². The summed E-state index contributed by atoms with van der Waals surface area (Å²) in [6.07, 6.45) is 1.62. The lowest BCUT2D eigenvalue weighted by atomic mass is 9.98. The fourth-order valence-electron chi connectivity index (χ4n) is 3.36. The molecule has 0 radical (unpaired) electrons. The van der Waals surface area contributed by atoms with E-state index in [1.54, 1.807) is 0 Å². The third kappa shape index (κ3) is 2.22. The lowest BCUT2D eigenvalue weighted by Gasteiger charge is -2.38. The maximum Gasteiger partial charge on any atom is 0.236 e. The van der Waals surface area contributed by atoms with Gasteiger partial charge in [-0.1, -0.05) is 49.4 Å². The summed E-state index contributed by atoms with van der Waals surface area (Å²) in [5, 5.41) is 0. The molecule has 0 saturated carbocycles. The minimum absolute atomic E-state index is 0.487. The Morgan fingerprint density at radius 2 is 1.78 bits per heavy atom. The van der Waals surface area contributed by atoms with Crippen LogP contribution in [0.15, 0.2) is 59.6 Å². The Hall–Kier alpha value is -2.62. The molecular formula is C19H19N3O. The first-order chi connectivity index (χ1) is 11.2. The molecule has 0 fully saturated rings. The van der Waals surface area contributed by atoms with Crippen molar-refractivity contribution in [2.45, 2.75) is 32.4 Å². The summed E-state index contributed by atoms with van der Waals surface area (Å²) < 4.78 is 8.45. The molecule has 1 atom stereocenters. The van der Waals surface area contributed by atoms with Crippen LogP contribution in [0, 0.1) is 0 Å². The fraction of sp³-hybridized carbons (Fsp3) is 0.263. The number of imidazole rings is 1. The minimum Gasteiger partial charge on any atom is -0.454 e. The Morgan fingerprint density at radius 1 is 1.04 bits per heavy atom. The normalized spacial score (nSPS) is 20.0. The van der Waals surface area contributed by atoms with Gasteiger partial charge in [0, 0.05) is 19.8 Å². The van der Waals surface area contributed by atoms with Gasteiger partial charge >= 0.3 is 0 Å². The second kappa shape index (κ2) is 5.23. The number of para-hydroxylation sites is 2. The summed E-state index contributed by atoms with van der Waals surface area (Å²) in [6, 6.07) is 18.6. The highest BCUT2D eigenvalue weighted by Gasteiger charge is 2.39. The molecule has 0 spiro atoms. The summed E-state index contributed by atoms with van der Waals surface area (Å²) in [7, 11) is 0. The summed E-state index contributed by atoms with van der Waals surface area (Å²) in [5.74, 6) is 1.40. The topological polar surface area (TPSA) is 39.4 Å². The number of ether oxygens (including phenoxy) is 1. The Bertz CT molecular complexity index is 882. The van der Waals surface area contributed by atoms with Gasteiger partial charge in [0.15, 0.2) is 11.6 Å². The van der Waals surface area contributed by atoms with Gasteiger partial charge < -0.3 is 4.74 Å². The first kappa shape index (κ1) is 14.0. The van der Waals surface area contributed by atoms with Crippen molar-refractivity contribution in [1.82, 2.24) is 9.55 Å². The van der Waals surface area contributed by atoms with Crippen LogP contribution < -0.4 is 0 Å². The highest BCUT2D eigenvalue weighted by Crippen LogP contribution is 2.39. The van der Waals surface area contributed by atoms with Gasteiger partial charge in [0.2, 0.25) is 5.95 Å². The third-order valence-corrected chi connectivity index (χ3v) is 4.42. The second-order valence-corrected chi connectivity index (χ2v) is 5.93. The van der Waals surface area contributed by atoms with Crippen molar-refractivity contribution in [2.24, 2.45) is 4.99 Å². The molecule has 1 unspecified atom stereocenters. The quantitative estimate of drug-likeness (QED) is 0.718. The molecule has 1 aliphatic rings. The lowest BCUT2D eigenvalue weighted by Crippen LogP contribution is -2.41. The Morgan fingerprint density at radius 3 is 2.57 bits per heavy atom. The molecule has 2 aromatic carbocycles. The summed E-state index contributed by atoms with van der Waals surface area (Å²) in [4.78, 5) is 9.20. The minimum atomic E-state index is -0.487. The van der Waals surface area contributed by atoms with E-state index in [9.17, 15) is 0 Å². The molecule has 1 aliphatic heterocycles. The highest BCUT2D eigenvalue weighted by atomic mass is 16.5. The van der Waals surface area contributed by atoms with Crippen molar-refractivity contribution in [1.29, 1.82) is 0 Å². The molecule has 0 amide bonds. The summed E-state index contributed by atoms with van der Waals surface area (Å²) in [5.41, 5.74) is 2.78. The molecule has 3 aromatic rings. The van der Waals surface area contributed by atoms with Crippen molar-refractivity contribution in [3.63, 3.8) is 0 Å². The zero-order valence-corrected chi connectivity index (χ0v) is 13.4. The first-order valence-electron chi connectivity index (χ1n) is 7.98. The number of aromatic nitrogens is 2. The largest absolute Gasteiger partial charge is 0.454 e. The van der Waals surface area contributed by atoms with Gasteiger partial charge in [0.25, 0.3) is 0 Å². The lowest BCUT2D eigenvalue weighted by molar-refractivity contribution is -0.0271. The molecule has 23 heavy (non-hydrogen) atoms. The molecule has 1 aromatic heterocycles. The zero-order chi connectivity index (χ0) is 15.9. The predicted octanol–water partition coefficient (Wildman–Crippen LogP) is 4.42. The van der Waals surface area contributed by atoms with E-state index in [2.05, 4.69) is 51.8 Å². The summed E-state index contributed by atoms with van der Waals surface area (Å²) in [6.45, 7) is 4.05. The molecule has 0 aliphatic carbocycles. The zero-order valence-electron chi connectivity index (χ0n) is 13.4. The van der Waals surface area contributed by atoms with Gasteiger partial charge in [-0.3, -0.25) is 4.57 Å². The van der Waals surface area contributed by atoms with Gasteiger partial charge in [-0.25, -0.2) is 4.98 Å². The van der Waals surface area contributed by atoms with Crippen LogP contribution in [0.3, 0.4) is 0 Å². The SMILES string of the molecule is CCC1(Cc2ccccc2)OC(C)=Nc2nc3ccccc3n21. The van der Waals surface area contributed by atoms with Crippen LogP contribution >= 0.6 is 0 Å². The molecule has 0 saturated heterocycles. The fourth-order valence-corrected chi connectivity index (χ4v) is 3.36. The first-order valence-corrected chi connectivity index (χ1v) is 7.98. The molecule has 0 N–H and O–H groups in total. The van der Waals surface area contributed by atoms with E-state index in [1.165, 1.54) is 5.56 Å². The van der Waals surface area contributed by atoms with Crippen molar-refractivity contribution < 1.29 is 4.74 Å². The molecule has 4 nitrogen and oxygen atoms in total. The molecule has 2 heterocycles. The standard InChI is InChI=1S/C19H19N3O/c1-3-19(13-15-9-5-4-6-10-15)22-17-12-8-7-11-16(17)21-18(22)20-14(2)23-19/h4-12H,3,13H2,1-2H3. The maximum atomic E-state index is 6.29. The van der Waals surface area contributed by atoms with E-state index in [1.807, 2.05) is 31.2 Å². The molecule has 4 heteroatoms. The van der Waals surface area contributed by atoms with Crippen LogP contribution in [0.4, 0.5) is 5.95 Å². The number of rotatable bonds is 3. The number of fused-ring (bicyclic) bond motifs is 3. The van der Waals surface area contributed by atoms with Gasteiger partial charge in [0.05, 0.1) is 11.0 Å². The van der Waals surface area contributed by atoms with E-state index in [0.29, 0.717) is 5.90 Å². The van der Waals surface area contributed by atoms with Crippen LogP contribution in [-0.2, 0) is 16.9 Å². The number of aliphatic imine (C=N–C) groups is 1. The Balaban J connectivity index is 1.93. The maximum absolute atomic E-state index is 6.29. The van der Waals surface area contributed by atoms with Crippen LogP contribution in [0.2, 0.25) is 0 Å². The van der Waals surface area contributed by atoms with Crippen LogP contribution in [-0.4, -0.2) is 15.4 Å². The van der Waals surface area contributed by atoms with Crippen molar-refractivity contribution >= 4 is 22.9 Å². The van der Waals surface area contributed by atoms with Gasteiger partial charge in [-0.05, 0) is 17.7 Å². The predicted molar refractivity (Wildman–Crippen MR) is 92.0 cm³/mol. The molecule has 0 bridgehead atoms. The van der Waals surface area contributed by atoms with Crippen molar-refractivity contribution in [3.05, 3.63) is 60.2 Å². The van der Waals surface area contributed by atoms with Gasteiger partial charge in [0.1, 0.15) is 0 Å². The highest BCUT2D eigenvalue weighted by molar-refractivity contribution is 5.83. The van der Waals surface area contributed by atoms with Crippen LogP contribution in [0.1, 0.15) is 25.8 Å². The molecular weight excluding hydrogens is 286 g/mol. The number of nitrogens with zero attached hydrogens (tertiary/aromatic N) is 3. The van der Waals surface area contributed by atoms with Gasteiger partial charge in [-0.2, -0.15) is 4.99 Å². The van der Waals surface area contributed by atoms with Crippen molar-refractivity contribution in [3.8, 4) is 0 Å². The number of hydrogen-bond acceptors (Lipinski definition) is 3. The average Bonchev–Trinajstić information content (AvgIpc) is 2.94. The number of benzene rings is 2. The Kier molecular flexibility index (Phi) is 3.18. The molecule has 116 valence electrons. The van der Waals surface area contributed by atoms with E-state index >= 15 is 0 Å². The second-order valence-electron chi connectivity index (χ2n) is 5.93. The Labute approximate surface area is 135 Å². The monoisotopic (exact) mass is 305 g/mol. The van der Waals surface area contributed by atoms with E-state index in [4.69, 9.17) is 4.74 Å².